The molecule has 0 heterocycles. The molecule has 20 heavy (non-hydrogen) atoms. The number of nitrogens with two attached hydrogens (primary N) is 1. The second-order valence-corrected chi connectivity index (χ2v) is 5.79. The average Bonchev–Trinajstić information content (AvgIpc) is 2.36. The van der Waals surface area contributed by atoms with Crippen LogP contribution in [0.3, 0.4) is 0 Å². The van der Waals surface area contributed by atoms with Crippen LogP contribution in [0.15, 0.2) is 18.2 Å². The van der Waals surface area contributed by atoms with Gasteiger partial charge in [0.1, 0.15) is 17.1 Å². The summed E-state index contributed by atoms with van der Waals surface area (Å²) >= 11 is 0. The van der Waals surface area contributed by atoms with Gasteiger partial charge in [-0.1, -0.05) is 26.8 Å². The summed E-state index contributed by atoms with van der Waals surface area (Å²) in [6, 6.07) is 4.18. The van der Waals surface area contributed by atoms with Gasteiger partial charge in [-0.15, -0.1) is 0 Å². The zero-order valence-electron chi connectivity index (χ0n) is 12.5. The van der Waals surface area contributed by atoms with Crippen LogP contribution in [0.2, 0.25) is 0 Å². The van der Waals surface area contributed by atoms with Gasteiger partial charge >= 0.3 is 0 Å². The summed E-state index contributed by atoms with van der Waals surface area (Å²) < 4.78 is 18.9. The summed E-state index contributed by atoms with van der Waals surface area (Å²) in [6.45, 7) is 6.47. The zero-order chi connectivity index (χ0) is 15.3. The molecule has 5 heteroatoms. The Bertz CT molecular complexity index is 469. The fourth-order valence-electron chi connectivity index (χ4n) is 2.01. The molecular formula is C15H23FN2O2. The number of rotatable bonds is 5. The Morgan fingerprint density at radius 3 is 2.60 bits per heavy atom. The molecule has 0 aliphatic heterocycles. The molecule has 0 aliphatic carbocycles. The van der Waals surface area contributed by atoms with Crippen LogP contribution >= 0.6 is 0 Å². The minimum absolute atomic E-state index is 0.0683. The molecule has 1 rings (SSSR count). The fraction of sp³-hybridized carbons (Fsp3) is 0.533. The lowest BCUT2D eigenvalue weighted by molar-refractivity contribution is 0.0891. The second-order valence-electron chi connectivity index (χ2n) is 5.79. The molecule has 1 atom stereocenters. The number of nitrogens with one attached hydrogen (secondary N) is 1. The maximum absolute atomic E-state index is 13.9. The lowest BCUT2D eigenvalue weighted by Gasteiger charge is -2.31. The summed E-state index contributed by atoms with van der Waals surface area (Å²) in [4.78, 5) is 12.3. The number of carbonyl (C=O) groups excluding carboxylic acids is 1. The molecule has 0 spiro atoms. The first-order chi connectivity index (χ1) is 9.31. The highest BCUT2D eigenvalue weighted by Crippen LogP contribution is 2.25. The third-order valence-electron chi connectivity index (χ3n) is 3.23. The average molecular weight is 282 g/mol. The van der Waals surface area contributed by atoms with Gasteiger partial charge in [0, 0.05) is 6.04 Å². The largest absolute Gasteiger partial charge is 0.496 e. The first kappa shape index (κ1) is 16.4. The highest BCUT2D eigenvalue weighted by atomic mass is 19.1. The molecule has 112 valence electrons. The quantitative estimate of drug-likeness (QED) is 0.871. The highest BCUT2D eigenvalue weighted by molar-refractivity contribution is 5.97. The summed E-state index contributed by atoms with van der Waals surface area (Å²) in [5, 5.41) is 2.85. The van der Waals surface area contributed by atoms with E-state index in [-0.39, 0.29) is 22.8 Å². The molecule has 0 aromatic heterocycles. The molecule has 0 radical (unpaired) electrons. The van der Waals surface area contributed by atoms with Gasteiger partial charge in [-0.05, 0) is 30.5 Å². The minimum atomic E-state index is -0.595. The van der Waals surface area contributed by atoms with Crippen molar-refractivity contribution >= 4 is 5.91 Å². The lowest BCUT2D eigenvalue weighted by atomic mass is 9.84. The number of methoxy groups -OCH3 is 1. The molecule has 1 aromatic carbocycles. The first-order valence-electron chi connectivity index (χ1n) is 6.64. The Kier molecular flexibility index (Phi) is 5.51. The van der Waals surface area contributed by atoms with Crippen molar-refractivity contribution in [2.45, 2.75) is 33.2 Å². The molecule has 0 saturated carbocycles. The third-order valence-corrected chi connectivity index (χ3v) is 3.23. The van der Waals surface area contributed by atoms with Gasteiger partial charge in [-0.25, -0.2) is 4.39 Å². The molecule has 1 amide bonds. The summed E-state index contributed by atoms with van der Waals surface area (Å²) in [7, 11) is 1.41. The highest BCUT2D eigenvalue weighted by Gasteiger charge is 2.28. The van der Waals surface area contributed by atoms with Crippen molar-refractivity contribution in [2.75, 3.05) is 13.7 Å². The Morgan fingerprint density at radius 2 is 2.10 bits per heavy atom. The summed E-state index contributed by atoms with van der Waals surface area (Å²) in [5.74, 6) is -0.849. The van der Waals surface area contributed by atoms with Crippen LogP contribution in [0.25, 0.3) is 0 Å². The number of hydrogen-bond acceptors (Lipinski definition) is 3. The van der Waals surface area contributed by atoms with Crippen molar-refractivity contribution in [1.29, 1.82) is 0 Å². The van der Waals surface area contributed by atoms with Gasteiger partial charge in [-0.2, -0.15) is 0 Å². The predicted molar refractivity (Wildman–Crippen MR) is 77.3 cm³/mol. The van der Waals surface area contributed by atoms with E-state index in [1.54, 1.807) is 6.07 Å². The number of benzene rings is 1. The number of carbonyl (C=O) groups is 1. The fourth-order valence-corrected chi connectivity index (χ4v) is 2.01. The topological polar surface area (TPSA) is 64.3 Å². The van der Waals surface area contributed by atoms with E-state index >= 15 is 0 Å². The second kappa shape index (κ2) is 6.70. The van der Waals surface area contributed by atoms with Crippen molar-refractivity contribution in [2.24, 2.45) is 11.1 Å². The van der Waals surface area contributed by atoms with Crippen LogP contribution < -0.4 is 15.8 Å². The van der Waals surface area contributed by atoms with Gasteiger partial charge in [0.25, 0.3) is 5.91 Å². The van der Waals surface area contributed by atoms with E-state index in [2.05, 4.69) is 5.32 Å². The van der Waals surface area contributed by atoms with Crippen molar-refractivity contribution < 1.29 is 13.9 Å². The van der Waals surface area contributed by atoms with Crippen molar-refractivity contribution in [3.63, 3.8) is 0 Å². The van der Waals surface area contributed by atoms with E-state index in [1.807, 2.05) is 20.8 Å². The third kappa shape index (κ3) is 3.93. The summed E-state index contributed by atoms with van der Waals surface area (Å²) in [5.41, 5.74) is 5.35. The molecule has 0 saturated heterocycles. The van der Waals surface area contributed by atoms with E-state index in [0.717, 1.165) is 0 Å². The van der Waals surface area contributed by atoms with Crippen LogP contribution in [0.5, 0.6) is 5.75 Å². The number of halogens is 1. The van der Waals surface area contributed by atoms with E-state index in [9.17, 15) is 9.18 Å². The molecule has 3 N–H and O–H groups in total. The van der Waals surface area contributed by atoms with E-state index < -0.39 is 11.7 Å². The Labute approximate surface area is 119 Å². The molecule has 1 aromatic rings. The predicted octanol–water partition coefficient (Wildman–Crippen LogP) is 2.33. The molecule has 4 nitrogen and oxygen atoms in total. The molecular weight excluding hydrogens is 259 g/mol. The van der Waals surface area contributed by atoms with Gasteiger partial charge in [0.2, 0.25) is 0 Å². The zero-order valence-corrected chi connectivity index (χ0v) is 12.5. The standard InChI is InChI=1S/C15H23FN2O2/c1-15(2,3)12(8-9-17)18-14(19)13-10(16)6-5-7-11(13)20-4/h5-7,12H,8-9,17H2,1-4H3,(H,18,19). The molecule has 0 aliphatic rings. The SMILES string of the molecule is COc1cccc(F)c1C(=O)NC(CCN)C(C)(C)C. The van der Waals surface area contributed by atoms with Crippen LogP contribution in [0.4, 0.5) is 4.39 Å². The van der Waals surface area contributed by atoms with Crippen LogP contribution in [-0.2, 0) is 0 Å². The van der Waals surface area contributed by atoms with Crippen molar-refractivity contribution in [3.8, 4) is 5.75 Å². The maximum atomic E-state index is 13.9. The van der Waals surface area contributed by atoms with Gasteiger partial charge in [0.15, 0.2) is 0 Å². The minimum Gasteiger partial charge on any atom is -0.496 e. The van der Waals surface area contributed by atoms with E-state index in [4.69, 9.17) is 10.5 Å². The Balaban J connectivity index is 3.01. The van der Waals surface area contributed by atoms with Gasteiger partial charge in [0.05, 0.1) is 7.11 Å². The summed E-state index contributed by atoms with van der Waals surface area (Å²) in [6.07, 6.45) is 0.631. The first-order valence-corrected chi connectivity index (χ1v) is 6.64. The maximum Gasteiger partial charge on any atom is 0.258 e. The lowest BCUT2D eigenvalue weighted by Crippen LogP contribution is -2.45. The van der Waals surface area contributed by atoms with Crippen molar-refractivity contribution in [3.05, 3.63) is 29.6 Å². The van der Waals surface area contributed by atoms with Crippen molar-refractivity contribution in [1.82, 2.24) is 5.32 Å². The molecule has 1 unspecified atom stereocenters. The normalized spacial score (nSPS) is 12.9. The smallest absolute Gasteiger partial charge is 0.258 e. The van der Waals surface area contributed by atoms with Crippen LogP contribution in [-0.4, -0.2) is 25.6 Å². The molecule has 0 fully saturated rings. The molecule has 0 bridgehead atoms. The van der Waals surface area contributed by atoms with Crippen LogP contribution in [0.1, 0.15) is 37.6 Å². The number of hydrogen-bond donors (Lipinski definition) is 2. The van der Waals surface area contributed by atoms with E-state index in [0.29, 0.717) is 13.0 Å². The van der Waals surface area contributed by atoms with Crippen LogP contribution in [0, 0.1) is 11.2 Å². The monoisotopic (exact) mass is 282 g/mol. The Hall–Kier alpha value is -1.62. The van der Waals surface area contributed by atoms with E-state index in [1.165, 1.54) is 19.2 Å². The number of amides is 1. The Morgan fingerprint density at radius 1 is 1.45 bits per heavy atom. The van der Waals surface area contributed by atoms with Gasteiger partial charge in [-0.3, -0.25) is 4.79 Å². The van der Waals surface area contributed by atoms with Gasteiger partial charge < -0.3 is 15.8 Å². The number of ether oxygens (including phenoxy) is 1.